The molecule has 1 heterocycles. The summed E-state index contributed by atoms with van der Waals surface area (Å²) in [4.78, 5) is 11.9. The van der Waals surface area contributed by atoms with Gasteiger partial charge in [-0.2, -0.15) is 18.4 Å². The molecule has 1 saturated heterocycles. The zero-order valence-corrected chi connectivity index (χ0v) is 12.8. The second kappa shape index (κ2) is 7.49. The molecule has 1 aromatic rings. The number of rotatable bonds is 5. The number of nitro groups is 1. The summed E-state index contributed by atoms with van der Waals surface area (Å²) in [6.45, 7) is 0.233. The minimum atomic E-state index is -4.19. The predicted molar refractivity (Wildman–Crippen MR) is 81.5 cm³/mol. The molecule has 0 unspecified atom stereocenters. The van der Waals surface area contributed by atoms with Crippen LogP contribution in [0.15, 0.2) is 18.2 Å². The summed E-state index contributed by atoms with van der Waals surface area (Å²) in [6, 6.07) is 5.98. The Morgan fingerprint density at radius 3 is 2.58 bits per heavy atom. The lowest BCUT2D eigenvalue weighted by Crippen LogP contribution is -2.41. The van der Waals surface area contributed by atoms with Crippen LogP contribution in [-0.2, 0) is 0 Å². The van der Waals surface area contributed by atoms with E-state index in [0.717, 1.165) is 0 Å². The zero-order chi connectivity index (χ0) is 17.7. The first-order valence-electron chi connectivity index (χ1n) is 7.50. The van der Waals surface area contributed by atoms with Crippen LogP contribution in [-0.4, -0.2) is 42.2 Å². The monoisotopic (exact) mass is 342 g/mol. The Morgan fingerprint density at radius 2 is 2.04 bits per heavy atom. The highest BCUT2D eigenvalue weighted by molar-refractivity contribution is 5.64. The van der Waals surface area contributed by atoms with Gasteiger partial charge in [0.1, 0.15) is 5.69 Å². The predicted octanol–water partition coefficient (Wildman–Crippen LogP) is 3.15. The van der Waals surface area contributed by atoms with Gasteiger partial charge in [-0.3, -0.25) is 15.0 Å². The third kappa shape index (κ3) is 5.09. The van der Waals surface area contributed by atoms with Gasteiger partial charge in [-0.15, -0.1) is 0 Å². The Labute approximate surface area is 137 Å². The quantitative estimate of drug-likeness (QED) is 0.656. The van der Waals surface area contributed by atoms with Gasteiger partial charge < -0.3 is 5.32 Å². The fourth-order valence-corrected chi connectivity index (χ4v) is 2.76. The number of benzene rings is 1. The van der Waals surface area contributed by atoms with Crippen molar-refractivity contribution in [2.24, 2.45) is 5.92 Å². The van der Waals surface area contributed by atoms with Gasteiger partial charge in [0.2, 0.25) is 0 Å². The van der Waals surface area contributed by atoms with Gasteiger partial charge in [-0.1, -0.05) is 0 Å². The van der Waals surface area contributed by atoms with Gasteiger partial charge >= 0.3 is 6.18 Å². The Morgan fingerprint density at radius 1 is 1.38 bits per heavy atom. The lowest BCUT2D eigenvalue weighted by atomic mass is 9.96. The highest BCUT2D eigenvalue weighted by atomic mass is 19.4. The van der Waals surface area contributed by atoms with Gasteiger partial charge in [0.15, 0.2) is 0 Å². The average Bonchev–Trinajstić information content (AvgIpc) is 2.52. The minimum absolute atomic E-state index is 0.122. The molecule has 1 aliphatic heterocycles. The van der Waals surface area contributed by atoms with Crippen LogP contribution in [0, 0.1) is 27.4 Å². The summed E-state index contributed by atoms with van der Waals surface area (Å²) in [5, 5.41) is 22.9. The molecule has 130 valence electrons. The van der Waals surface area contributed by atoms with Gasteiger partial charge in [-0.05, 0) is 44.0 Å². The van der Waals surface area contributed by atoms with Gasteiger partial charge in [0.05, 0.1) is 23.1 Å². The van der Waals surface area contributed by atoms with E-state index in [2.05, 4.69) is 5.32 Å². The minimum Gasteiger partial charge on any atom is -0.379 e. The number of alkyl halides is 3. The Kier molecular flexibility index (Phi) is 5.62. The molecule has 0 spiro atoms. The van der Waals surface area contributed by atoms with Crippen LogP contribution in [0.4, 0.5) is 24.5 Å². The van der Waals surface area contributed by atoms with Crippen molar-refractivity contribution in [2.45, 2.75) is 19.0 Å². The van der Waals surface area contributed by atoms with Gasteiger partial charge in [0, 0.05) is 12.6 Å². The maximum absolute atomic E-state index is 12.4. The number of nitriles is 1. The molecule has 0 atom stereocenters. The molecule has 0 bridgehead atoms. The summed E-state index contributed by atoms with van der Waals surface area (Å²) in [6.07, 6.45) is -3.01. The smallest absolute Gasteiger partial charge is 0.379 e. The van der Waals surface area contributed by atoms with E-state index in [0.29, 0.717) is 38.0 Å². The van der Waals surface area contributed by atoms with E-state index in [1.54, 1.807) is 0 Å². The van der Waals surface area contributed by atoms with E-state index in [1.165, 1.54) is 23.1 Å². The number of nitro benzene ring substituents is 1. The van der Waals surface area contributed by atoms with Crippen molar-refractivity contribution in [1.82, 2.24) is 4.90 Å². The number of piperidine rings is 1. The molecule has 9 heteroatoms. The number of halogens is 3. The molecule has 0 aromatic heterocycles. The summed E-state index contributed by atoms with van der Waals surface area (Å²) < 4.78 is 37.1. The lowest BCUT2D eigenvalue weighted by molar-refractivity contribution is -0.384. The standard InChI is InChI=1S/C15H17F3N4O2/c16-15(17,18)10-21-5-3-11(4-6-21)9-20-13-7-12(8-19)1-2-14(13)22(23)24/h1-2,7,11,20H,3-6,9-10H2. The van der Waals surface area contributed by atoms with Crippen molar-refractivity contribution in [1.29, 1.82) is 5.26 Å². The van der Waals surface area contributed by atoms with Crippen LogP contribution in [0.25, 0.3) is 0 Å². The van der Waals surface area contributed by atoms with E-state index in [4.69, 9.17) is 5.26 Å². The molecule has 0 aliphatic carbocycles. The molecule has 1 aliphatic rings. The van der Waals surface area contributed by atoms with Gasteiger partial charge in [-0.25, -0.2) is 0 Å². The molecule has 1 fully saturated rings. The van der Waals surface area contributed by atoms with E-state index in [9.17, 15) is 23.3 Å². The topological polar surface area (TPSA) is 82.2 Å². The summed E-state index contributed by atoms with van der Waals surface area (Å²) in [5.74, 6) is 0.139. The van der Waals surface area contributed by atoms with E-state index < -0.39 is 17.6 Å². The van der Waals surface area contributed by atoms with Crippen molar-refractivity contribution < 1.29 is 18.1 Å². The number of anilines is 1. The molecule has 6 nitrogen and oxygen atoms in total. The number of hydrogen-bond donors (Lipinski definition) is 1. The zero-order valence-electron chi connectivity index (χ0n) is 12.8. The Balaban J connectivity index is 1.91. The highest BCUT2D eigenvalue weighted by Gasteiger charge is 2.32. The van der Waals surface area contributed by atoms with Crippen molar-refractivity contribution in [3.05, 3.63) is 33.9 Å². The highest BCUT2D eigenvalue weighted by Crippen LogP contribution is 2.27. The fraction of sp³-hybridized carbons (Fsp3) is 0.533. The molecule has 2 rings (SSSR count). The maximum atomic E-state index is 12.4. The number of nitrogens with one attached hydrogen (secondary N) is 1. The maximum Gasteiger partial charge on any atom is 0.401 e. The number of nitrogens with zero attached hydrogens (tertiary/aromatic N) is 3. The van der Waals surface area contributed by atoms with Crippen molar-refractivity contribution in [3.8, 4) is 6.07 Å². The number of likely N-dealkylation sites (tertiary alicyclic amines) is 1. The first kappa shape index (κ1) is 18.0. The SMILES string of the molecule is N#Cc1ccc([N+](=O)[O-])c(NCC2CCN(CC(F)(F)F)CC2)c1. The Bertz CT molecular complexity index is 635. The fourth-order valence-electron chi connectivity index (χ4n) is 2.76. The molecule has 24 heavy (non-hydrogen) atoms. The average molecular weight is 342 g/mol. The van der Waals surface area contributed by atoms with Gasteiger partial charge in [0.25, 0.3) is 5.69 Å². The third-order valence-corrected chi connectivity index (χ3v) is 4.01. The molecule has 0 radical (unpaired) electrons. The van der Waals surface area contributed by atoms with Crippen LogP contribution < -0.4 is 5.32 Å². The number of hydrogen-bond acceptors (Lipinski definition) is 5. The third-order valence-electron chi connectivity index (χ3n) is 4.01. The van der Waals surface area contributed by atoms with E-state index in [-0.39, 0.29) is 17.3 Å². The summed E-state index contributed by atoms with van der Waals surface area (Å²) in [7, 11) is 0. The second-order valence-corrected chi connectivity index (χ2v) is 5.82. The first-order chi connectivity index (χ1) is 11.3. The molecular formula is C15H17F3N4O2. The van der Waals surface area contributed by atoms with Crippen LogP contribution in [0.5, 0.6) is 0 Å². The van der Waals surface area contributed by atoms with Crippen LogP contribution in [0.2, 0.25) is 0 Å². The molecule has 0 amide bonds. The lowest BCUT2D eigenvalue weighted by Gasteiger charge is -2.32. The second-order valence-electron chi connectivity index (χ2n) is 5.82. The van der Waals surface area contributed by atoms with Crippen molar-refractivity contribution >= 4 is 11.4 Å². The largest absolute Gasteiger partial charge is 0.401 e. The Hall–Kier alpha value is -2.34. The van der Waals surface area contributed by atoms with Crippen LogP contribution in [0.3, 0.4) is 0 Å². The summed E-state index contributed by atoms with van der Waals surface area (Å²) in [5.41, 5.74) is 0.448. The summed E-state index contributed by atoms with van der Waals surface area (Å²) >= 11 is 0. The molecule has 1 aromatic carbocycles. The molecule has 0 saturated carbocycles. The van der Waals surface area contributed by atoms with Crippen molar-refractivity contribution in [3.63, 3.8) is 0 Å². The van der Waals surface area contributed by atoms with Crippen LogP contribution in [0.1, 0.15) is 18.4 Å². The molecular weight excluding hydrogens is 325 g/mol. The van der Waals surface area contributed by atoms with Crippen molar-refractivity contribution in [2.75, 3.05) is 31.5 Å². The van der Waals surface area contributed by atoms with E-state index >= 15 is 0 Å². The molecule has 1 N–H and O–H groups in total. The normalized spacial score (nSPS) is 16.6. The first-order valence-corrected chi connectivity index (χ1v) is 7.50. The van der Waals surface area contributed by atoms with Crippen LogP contribution >= 0.6 is 0 Å². The van der Waals surface area contributed by atoms with E-state index in [1.807, 2.05) is 6.07 Å².